The lowest BCUT2D eigenvalue weighted by Gasteiger charge is -2.14. The van der Waals surface area contributed by atoms with E-state index in [0.29, 0.717) is 16.8 Å². The minimum absolute atomic E-state index is 0.193. The van der Waals surface area contributed by atoms with Crippen molar-refractivity contribution in [1.29, 1.82) is 0 Å². The second kappa shape index (κ2) is 8.08. The molecule has 2 N–H and O–H groups in total. The van der Waals surface area contributed by atoms with Gasteiger partial charge < -0.3 is 15.2 Å². The van der Waals surface area contributed by atoms with Crippen LogP contribution in [0.3, 0.4) is 0 Å². The third kappa shape index (κ3) is 3.48. The smallest absolute Gasteiger partial charge is 0.273 e. The van der Waals surface area contributed by atoms with Gasteiger partial charge in [0.05, 0.1) is 18.2 Å². The number of hydrogen-bond donors (Lipinski definition) is 2. The van der Waals surface area contributed by atoms with Crippen LogP contribution in [0.5, 0.6) is 11.5 Å². The van der Waals surface area contributed by atoms with Crippen LogP contribution in [-0.4, -0.2) is 27.7 Å². The van der Waals surface area contributed by atoms with Crippen LogP contribution in [0.2, 0.25) is 0 Å². The molecule has 0 aliphatic carbocycles. The molecule has 0 saturated heterocycles. The van der Waals surface area contributed by atoms with Gasteiger partial charge in [-0.25, -0.2) is 4.98 Å². The number of nitrogens with zero attached hydrogens (tertiary/aromatic N) is 2. The number of pyridine rings is 2. The number of aromatic hydroxyl groups is 1. The van der Waals surface area contributed by atoms with Crippen molar-refractivity contribution in [2.45, 2.75) is 6.54 Å². The molecule has 2 aromatic heterocycles. The summed E-state index contributed by atoms with van der Waals surface area (Å²) in [5.41, 5.74) is 0.688. The summed E-state index contributed by atoms with van der Waals surface area (Å²) in [6.07, 6.45) is 1.53. The maximum Gasteiger partial charge on any atom is 0.273 e. The SMILES string of the molecule is COc1ccc(CNC(=O)c2c(O)c3cccnc3n(-c3ccccc3)c2=O)cc1. The number of amides is 1. The Labute approximate surface area is 172 Å². The van der Waals surface area contributed by atoms with Crippen LogP contribution >= 0.6 is 0 Å². The molecule has 4 aromatic rings. The van der Waals surface area contributed by atoms with Crippen molar-refractivity contribution in [3.63, 3.8) is 0 Å². The number of fused-ring (bicyclic) bond motifs is 1. The van der Waals surface area contributed by atoms with Gasteiger partial charge in [-0.1, -0.05) is 30.3 Å². The first-order valence-corrected chi connectivity index (χ1v) is 9.29. The average molecular weight is 401 g/mol. The van der Waals surface area contributed by atoms with E-state index in [9.17, 15) is 14.7 Å². The minimum atomic E-state index is -0.663. The summed E-state index contributed by atoms with van der Waals surface area (Å²) in [4.78, 5) is 30.4. The summed E-state index contributed by atoms with van der Waals surface area (Å²) in [7, 11) is 1.58. The van der Waals surface area contributed by atoms with Gasteiger partial charge in [-0.3, -0.25) is 14.2 Å². The first kappa shape index (κ1) is 19.2. The topological polar surface area (TPSA) is 93.4 Å². The van der Waals surface area contributed by atoms with Gasteiger partial charge in [0.25, 0.3) is 11.5 Å². The van der Waals surface area contributed by atoms with E-state index in [0.717, 1.165) is 5.56 Å². The van der Waals surface area contributed by atoms with Crippen molar-refractivity contribution in [2.24, 2.45) is 0 Å². The van der Waals surface area contributed by atoms with Crippen LogP contribution in [0.25, 0.3) is 16.7 Å². The second-order valence-electron chi connectivity index (χ2n) is 6.61. The molecule has 2 heterocycles. The van der Waals surface area contributed by atoms with E-state index < -0.39 is 11.5 Å². The highest BCUT2D eigenvalue weighted by molar-refractivity contribution is 6.02. The molecule has 0 unspecified atom stereocenters. The fourth-order valence-electron chi connectivity index (χ4n) is 3.24. The van der Waals surface area contributed by atoms with Crippen molar-refractivity contribution >= 4 is 16.9 Å². The van der Waals surface area contributed by atoms with E-state index in [-0.39, 0.29) is 23.5 Å². The summed E-state index contributed by atoms with van der Waals surface area (Å²) in [6, 6.07) is 19.3. The van der Waals surface area contributed by atoms with E-state index in [2.05, 4.69) is 10.3 Å². The number of benzene rings is 2. The quantitative estimate of drug-likeness (QED) is 0.536. The number of para-hydroxylation sites is 1. The van der Waals surface area contributed by atoms with Crippen LogP contribution in [0.1, 0.15) is 15.9 Å². The number of ether oxygens (including phenoxy) is 1. The van der Waals surface area contributed by atoms with Crippen molar-refractivity contribution < 1.29 is 14.6 Å². The standard InChI is InChI=1S/C23H19N3O4/c1-30-17-11-9-15(10-12-17)14-25-22(28)19-20(27)18-8-5-13-24-21(18)26(23(19)29)16-6-3-2-4-7-16/h2-13,27H,14H2,1H3,(H,25,28). The van der Waals surface area contributed by atoms with Crippen molar-refractivity contribution in [1.82, 2.24) is 14.9 Å². The van der Waals surface area contributed by atoms with Crippen molar-refractivity contribution in [2.75, 3.05) is 7.11 Å². The fraction of sp³-hybridized carbons (Fsp3) is 0.0870. The molecule has 0 saturated carbocycles. The van der Waals surface area contributed by atoms with E-state index >= 15 is 0 Å². The highest BCUT2D eigenvalue weighted by Gasteiger charge is 2.23. The largest absolute Gasteiger partial charge is 0.506 e. The average Bonchev–Trinajstić information content (AvgIpc) is 2.79. The highest BCUT2D eigenvalue weighted by atomic mass is 16.5. The Morgan fingerprint density at radius 3 is 2.50 bits per heavy atom. The Morgan fingerprint density at radius 1 is 1.07 bits per heavy atom. The van der Waals surface area contributed by atoms with Crippen molar-refractivity contribution in [3.05, 3.63) is 94.4 Å². The summed E-state index contributed by atoms with van der Waals surface area (Å²) < 4.78 is 6.45. The number of aromatic nitrogens is 2. The Hall–Kier alpha value is -4.13. The van der Waals surface area contributed by atoms with Gasteiger partial charge in [-0.15, -0.1) is 0 Å². The predicted octanol–water partition coefficient (Wildman–Crippen LogP) is 3.03. The van der Waals surface area contributed by atoms with E-state index in [1.54, 1.807) is 55.6 Å². The molecule has 0 bridgehead atoms. The van der Waals surface area contributed by atoms with Crippen LogP contribution < -0.4 is 15.6 Å². The third-order valence-electron chi connectivity index (χ3n) is 4.76. The summed E-state index contributed by atoms with van der Waals surface area (Å²) in [5.74, 6) is -0.346. The summed E-state index contributed by atoms with van der Waals surface area (Å²) in [6.45, 7) is 0.193. The molecule has 0 atom stereocenters. The lowest BCUT2D eigenvalue weighted by Crippen LogP contribution is -2.33. The molecule has 7 nitrogen and oxygen atoms in total. The molecule has 1 amide bonds. The zero-order valence-corrected chi connectivity index (χ0v) is 16.2. The maximum atomic E-state index is 13.2. The van der Waals surface area contributed by atoms with Crippen molar-refractivity contribution in [3.8, 4) is 17.2 Å². The molecule has 2 aromatic carbocycles. The number of hydrogen-bond acceptors (Lipinski definition) is 5. The Morgan fingerprint density at radius 2 is 1.80 bits per heavy atom. The van der Waals surface area contributed by atoms with Gasteiger partial charge >= 0.3 is 0 Å². The highest BCUT2D eigenvalue weighted by Crippen LogP contribution is 2.26. The first-order valence-electron chi connectivity index (χ1n) is 9.29. The van der Waals surface area contributed by atoms with Crippen LogP contribution in [0, 0.1) is 0 Å². The number of methoxy groups -OCH3 is 1. The van der Waals surface area contributed by atoms with Crippen LogP contribution in [0.4, 0.5) is 0 Å². The van der Waals surface area contributed by atoms with Gasteiger partial charge in [0.2, 0.25) is 0 Å². The Kier molecular flexibility index (Phi) is 5.17. The zero-order valence-electron chi connectivity index (χ0n) is 16.2. The molecule has 4 rings (SSSR count). The van der Waals surface area contributed by atoms with E-state index in [1.807, 2.05) is 18.2 Å². The molecule has 0 radical (unpaired) electrons. The zero-order chi connectivity index (χ0) is 21.1. The molecular weight excluding hydrogens is 382 g/mol. The number of rotatable bonds is 5. The number of carbonyl (C=O) groups excluding carboxylic acids is 1. The van der Waals surface area contributed by atoms with Crippen LogP contribution in [0.15, 0.2) is 77.7 Å². The van der Waals surface area contributed by atoms with E-state index in [1.165, 1.54) is 10.8 Å². The van der Waals surface area contributed by atoms with Gasteiger partial charge in [0.15, 0.2) is 5.65 Å². The van der Waals surface area contributed by atoms with Gasteiger partial charge in [-0.05, 0) is 42.0 Å². The van der Waals surface area contributed by atoms with E-state index in [4.69, 9.17) is 4.74 Å². The first-order chi connectivity index (χ1) is 14.6. The molecule has 0 aliphatic heterocycles. The molecule has 0 fully saturated rings. The molecule has 30 heavy (non-hydrogen) atoms. The second-order valence-corrected chi connectivity index (χ2v) is 6.61. The minimum Gasteiger partial charge on any atom is -0.506 e. The molecule has 150 valence electrons. The molecular formula is C23H19N3O4. The Bertz CT molecular complexity index is 1270. The van der Waals surface area contributed by atoms with Crippen LogP contribution in [-0.2, 0) is 6.54 Å². The van der Waals surface area contributed by atoms with Gasteiger partial charge in [-0.2, -0.15) is 0 Å². The summed E-state index contributed by atoms with van der Waals surface area (Å²) >= 11 is 0. The summed E-state index contributed by atoms with van der Waals surface area (Å²) in [5, 5.41) is 13.7. The third-order valence-corrected chi connectivity index (χ3v) is 4.76. The maximum absolute atomic E-state index is 13.2. The monoisotopic (exact) mass is 401 g/mol. The lowest BCUT2D eigenvalue weighted by atomic mass is 10.1. The Balaban J connectivity index is 1.76. The van der Waals surface area contributed by atoms with Gasteiger partial charge in [0, 0.05) is 12.7 Å². The number of carbonyl (C=O) groups is 1. The fourth-order valence-corrected chi connectivity index (χ4v) is 3.24. The normalized spacial score (nSPS) is 10.7. The molecule has 0 aliphatic rings. The van der Waals surface area contributed by atoms with Gasteiger partial charge in [0.1, 0.15) is 17.1 Å². The number of nitrogens with one attached hydrogen (secondary N) is 1. The molecule has 0 spiro atoms. The molecule has 7 heteroatoms. The lowest BCUT2D eigenvalue weighted by molar-refractivity contribution is 0.0946. The predicted molar refractivity (Wildman–Crippen MR) is 113 cm³/mol.